The number of rotatable bonds is 4. The quantitative estimate of drug-likeness (QED) is 0.560. The van der Waals surface area contributed by atoms with Gasteiger partial charge in [0.05, 0.1) is 16.1 Å². The number of nitrogens with zero attached hydrogens (tertiary/aromatic N) is 2. The maximum atomic E-state index is 13.0. The number of nitrogens with one attached hydrogen (secondary N) is 1. The van der Waals surface area contributed by atoms with Gasteiger partial charge in [-0.25, -0.2) is 0 Å². The number of thiophene rings is 1. The average Bonchev–Trinajstić information content (AvgIpc) is 3.02. The summed E-state index contributed by atoms with van der Waals surface area (Å²) in [5, 5.41) is 8.54. The number of amides is 1. The molecule has 0 aliphatic heterocycles. The van der Waals surface area contributed by atoms with E-state index in [4.69, 9.17) is 5.73 Å². The number of para-hydroxylation sites is 1. The first-order valence-electron chi connectivity index (χ1n) is 8.75. The summed E-state index contributed by atoms with van der Waals surface area (Å²) in [6, 6.07) is 18.6. The zero-order valence-electron chi connectivity index (χ0n) is 15.2. The van der Waals surface area contributed by atoms with E-state index in [1.165, 1.54) is 16.0 Å². The molecule has 0 aliphatic rings. The highest BCUT2D eigenvalue weighted by molar-refractivity contribution is 7.17. The number of hydrogen-bond acceptors (Lipinski definition) is 5. The van der Waals surface area contributed by atoms with Crippen LogP contribution in [0.15, 0.2) is 65.5 Å². The molecule has 0 radical (unpaired) electrons. The Morgan fingerprint density at radius 2 is 1.71 bits per heavy atom. The Morgan fingerprint density at radius 1 is 1.07 bits per heavy atom. The molecule has 0 saturated carbocycles. The number of nitrogen functional groups attached to an aromatic ring is 1. The van der Waals surface area contributed by atoms with Crippen molar-refractivity contribution in [3.63, 3.8) is 0 Å². The van der Waals surface area contributed by atoms with Gasteiger partial charge in [-0.3, -0.25) is 9.59 Å². The lowest BCUT2D eigenvalue weighted by Gasteiger charge is -2.10. The van der Waals surface area contributed by atoms with Gasteiger partial charge in [0, 0.05) is 16.8 Å². The van der Waals surface area contributed by atoms with Crippen LogP contribution in [0.3, 0.4) is 0 Å². The topological polar surface area (TPSA) is 90.0 Å². The van der Waals surface area contributed by atoms with Crippen molar-refractivity contribution in [1.29, 1.82) is 0 Å². The molecule has 4 aromatic rings. The van der Waals surface area contributed by atoms with Crippen molar-refractivity contribution in [2.45, 2.75) is 13.5 Å². The average molecular weight is 390 g/mol. The lowest BCUT2D eigenvalue weighted by molar-refractivity contribution is 0.0946. The maximum absolute atomic E-state index is 13.0. The molecular formula is C21H18N4O2S. The van der Waals surface area contributed by atoms with Gasteiger partial charge in [-0.05, 0) is 24.6 Å². The molecule has 2 heterocycles. The fourth-order valence-corrected chi connectivity index (χ4v) is 4.05. The summed E-state index contributed by atoms with van der Waals surface area (Å²) >= 11 is 1.29. The molecule has 0 unspecified atom stereocenters. The summed E-state index contributed by atoms with van der Waals surface area (Å²) in [5.41, 5.74) is 7.52. The van der Waals surface area contributed by atoms with E-state index in [2.05, 4.69) is 10.4 Å². The van der Waals surface area contributed by atoms with Crippen LogP contribution >= 0.6 is 11.3 Å². The fraction of sp³-hybridized carbons (Fsp3) is 0.0952. The number of anilines is 1. The van der Waals surface area contributed by atoms with Crippen LogP contribution in [0.25, 0.3) is 16.5 Å². The smallest absolute Gasteiger partial charge is 0.282 e. The summed E-state index contributed by atoms with van der Waals surface area (Å²) in [5.74, 6) is -0.348. The first-order valence-corrected chi connectivity index (χ1v) is 9.57. The van der Waals surface area contributed by atoms with E-state index < -0.39 is 0 Å². The molecular weight excluding hydrogens is 372 g/mol. The number of benzene rings is 2. The van der Waals surface area contributed by atoms with Gasteiger partial charge < -0.3 is 11.1 Å². The Bertz CT molecular complexity index is 1210. The maximum Gasteiger partial charge on any atom is 0.282 e. The third kappa shape index (κ3) is 3.16. The van der Waals surface area contributed by atoms with E-state index in [0.29, 0.717) is 28.0 Å². The molecule has 0 bridgehead atoms. The molecule has 6 nitrogen and oxygen atoms in total. The molecule has 28 heavy (non-hydrogen) atoms. The molecule has 0 fully saturated rings. The minimum atomic E-state index is -0.348. The summed E-state index contributed by atoms with van der Waals surface area (Å²) in [4.78, 5) is 26.8. The van der Waals surface area contributed by atoms with Gasteiger partial charge >= 0.3 is 0 Å². The van der Waals surface area contributed by atoms with Crippen molar-refractivity contribution < 1.29 is 4.79 Å². The number of nitrogens with two attached hydrogens (primary N) is 1. The third-order valence-electron chi connectivity index (χ3n) is 4.47. The highest BCUT2D eigenvalue weighted by Gasteiger charge is 2.22. The lowest BCUT2D eigenvalue weighted by Crippen LogP contribution is -2.29. The van der Waals surface area contributed by atoms with Crippen molar-refractivity contribution in [3.8, 4) is 5.69 Å². The van der Waals surface area contributed by atoms with E-state index in [9.17, 15) is 9.59 Å². The van der Waals surface area contributed by atoms with Gasteiger partial charge in [-0.2, -0.15) is 9.78 Å². The molecule has 7 heteroatoms. The third-order valence-corrected chi connectivity index (χ3v) is 5.40. The van der Waals surface area contributed by atoms with Crippen LogP contribution in [0.4, 0.5) is 5.00 Å². The lowest BCUT2D eigenvalue weighted by atomic mass is 10.1. The predicted octanol–water partition coefficient (Wildman–Crippen LogP) is 3.27. The Morgan fingerprint density at radius 3 is 2.39 bits per heavy atom. The molecule has 0 saturated heterocycles. The predicted molar refractivity (Wildman–Crippen MR) is 112 cm³/mol. The molecule has 2 aromatic carbocycles. The molecule has 0 atom stereocenters. The number of carbonyl (C=O) groups excluding carboxylic acids is 1. The van der Waals surface area contributed by atoms with Crippen LogP contribution in [0, 0.1) is 6.92 Å². The second-order valence-electron chi connectivity index (χ2n) is 6.34. The van der Waals surface area contributed by atoms with Gasteiger partial charge in [0.25, 0.3) is 11.5 Å². The molecule has 1 amide bonds. The fourth-order valence-electron chi connectivity index (χ4n) is 3.13. The number of aryl methyl sites for hydroxylation is 1. The summed E-state index contributed by atoms with van der Waals surface area (Å²) in [6.45, 7) is 2.21. The molecule has 0 aliphatic carbocycles. The minimum absolute atomic E-state index is 0.194. The monoisotopic (exact) mass is 390 g/mol. The number of carbonyl (C=O) groups is 1. The zero-order chi connectivity index (χ0) is 19.7. The molecule has 2 aromatic heterocycles. The van der Waals surface area contributed by atoms with Crippen LogP contribution in [-0.2, 0) is 6.54 Å². The van der Waals surface area contributed by atoms with E-state index in [1.54, 1.807) is 12.1 Å². The molecule has 140 valence electrons. The second-order valence-corrected chi connectivity index (χ2v) is 7.60. The van der Waals surface area contributed by atoms with Crippen molar-refractivity contribution in [2.75, 3.05) is 5.73 Å². The Hall–Kier alpha value is -3.45. The van der Waals surface area contributed by atoms with Crippen LogP contribution in [0.2, 0.25) is 0 Å². The van der Waals surface area contributed by atoms with Gasteiger partial charge in [0.1, 0.15) is 0 Å². The van der Waals surface area contributed by atoms with E-state index in [1.807, 2.05) is 55.5 Å². The molecule has 4 rings (SSSR count). The first-order chi connectivity index (χ1) is 13.6. The Labute approximate surface area is 165 Å². The van der Waals surface area contributed by atoms with Crippen molar-refractivity contribution in [3.05, 3.63) is 87.2 Å². The van der Waals surface area contributed by atoms with Crippen LogP contribution in [0.1, 0.15) is 20.9 Å². The SMILES string of the molecule is Cc1sc(N)c2c(=O)n(-c3ccccc3)nc(C(=O)NCc3ccccc3)c12. The minimum Gasteiger partial charge on any atom is -0.390 e. The molecule has 0 spiro atoms. The second kappa shape index (κ2) is 7.28. The van der Waals surface area contributed by atoms with Gasteiger partial charge in [0.2, 0.25) is 0 Å². The normalized spacial score (nSPS) is 10.9. The van der Waals surface area contributed by atoms with Crippen molar-refractivity contribution in [1.82, 2.24) is 15.1 Å². The van der Waals surface area contributed by atoms with Gasteiger partial charge in [-0.15, -0.1) is 11.3 Å². The number of fused-ring (bicyclic) bond motifs is 1. The van der Waals surface area contributed by atoms with Crippen LogP contribution in [0.5, 0.6) is 0 Å². The first kappa shape index (κ1) is 17.9. The van der Waals surface area contributed by atoms with Crippen LogP contribution in [-0.4, -0.2) is 15.7 Å². The summed E-state index contributed by atoms with van der Waals surface area (Å²) in [6.07, 6.45) is 0. The zero-order valence-corrected chi connectivity index (χ0v) is 16.0. The highest BCUT2D eigenvalue weighted by atomic mass is 32.1. The van der Waals surface area contributed by atoms with Crippen molar-refractivity contribution >= 4 is 33.0 Å². The number of aromatic nitrogens is 2. The molecule has 3 N–H and O–H groups in total. The number of hydrogen-bond donors (Lipinski definition) is 2. The standard InChI is InChI=1S/C21H18N4O2S/c1-13-16-17(19(22)28-13)21(27)25(15-10-6-3-7-11-15)24-18(16)20(26)23-12-14-8-4-2-5-9-14/h2-11H,12,22H2,1H3,(H,23,26). The van der Waals surface area contributed by atoms with Crippen molar-refractivity contribution in [2.24, 2.45) is 0 Å². The summed E-state index contributed by atoms with van der Waals surface area (Å²) in [7, 11) is 0. The van der Waals surface area contributed by atoms with Gasteiger partial charge in [0.15, 0.2) is 5.69 Å². The van der Waals surface area contributed by atoms with E-state index >= 15 is 0 Å². The largest absolute Gasteiger partial charge is 0.390 e. The van der Waals surface area contributed by atoms with Crippen LogP contribution < -0.4 is 16.6 Å². The summed E-state index contributed by atoms with van der Waals surface area (Å²) < 4.78 is 1.24. The Balaban J connectivity index is 1.84. The van der Waals surface area contributed by atoms with Gasteiger partial charge in [-0.1, -0.05) is 48.5 Å². The Kier molecular flexibility index (Phi) is 4.67. The van der Waals surface area contributed by atoms with E-state index in [0.717, 1.165) is 10.4 Å². The highest BCUT2D eigenvalue weighted by Crippen LogP contribution is 2.32. The van der Waals surface area contributed by atoms with E-state index in [-0.39, 0.29) is 17.2 Å².